The number of rotatable bonds is 4. The van der Waals surface area contributed by atoms with Gasteiger partial charge in [0.05, 0.1) is 10.9 Å². The molecule has 0 aromatic carbocycles. The van der Waals surface area contributed by atoms with E-state index in [1.165, 1.54) is 0 Å². The molecular weight excluding hydrogens is 310 g/mol. The Labute approximate surface area is 138 Å². The van der Waals surface area contributed by atoms with E-state index in [0.717, 1.165) is 27.2 Å². The molecule has 0 fully saturated rings. The van der Waals surface area contributed by atoms with Gasteiger partial charge in [0, 0.05) is 43.3 Å². The third-order valence-electron chi connectivity index (χ3n) is 3.42. The van der Waals surface area contributed by atoms with Gasteiger partial charge >= 0.3 is 0 Å². The zero-order chi connectivity index (χ0) is 16.4. The number of hydrogen-bond donors (Lipinski definition) is 1. The van der Waals surface area contributed by atoms with Crippen molar-refractivity contribution in [1.29, 1.82) is 0 Å². The van der Waals surface area contributed by atoms with Crippen LogP contribution in [0.15, 0.2) is 29.9 Å². The normalized spacial score (nSPS) is 10.7. The van der Waals surface area contributed by atoms with Gasteiger partial charge < -0.3 is 10.2 Å². The molecule has 3 aromatic heterocycles. The molecule has 0 aliphatic carbocycles. The predicted molar refractivity (Wildman–Crippen MR) is 91.9 cm³/mol. The van der Waals surface area contributed by atoms with Crippen LogP contribution < -0.4 is 10.2 Å². The van der Waals surface area contributed by atoms with Crippen molar-refractivity contribution in [2.24, 2.45) is 0 Å². The van der Waals surface area contributed by atoms with E-state index in [4.69, 9.17) is 0 Å². The molecule has 0 aliphatic heterocycles. The third-order valence-corrected chi connectivity index (χ3v) is 4.32. The minimum Gasteiger partial charge on any atom is -0.362 e. The van der Waals surface area contributed by atoms with Crippen LogP contribution in [-0.4, -0.2) is 35.0 Å². The number of nitrogens with one attached hydrogen (secondary N) is 1. The first-order valence-electron chi connectivity index (χ1n) is 7.16. The fourth-order valence-electron chi connectivity index (χ4n) is 2.28. The lowest BCUT2D eigenvalue weighted by Crippen LogP contribution is -2.26. The number of aromatic nitrogens is 3. The fraction of sp³-hybridized carbons (Fsp3) is 0.250. The molecule has 118 valence electrons. The molecule has 6 nitrogen and oxygen atoms in total. The second kappa shape index (κ2) is 6.29. The van der Waals surface area contributed by atoms with E-state index in [9.17, 15) is 4.79 Å². The first kappa shape index (κ1) is 15.4. The average Bonchev–Trinajstić information content (AvgIpc) is 2.94. The van der Waals surface area contributed by atoms with Crippen molar-refractivity contribution >= 4 is 34.0 Å². The number of anilines is 1. The number of carbonyl (C=O) groups excluding carboxylic acids is 1. The van der Waals surface area contributed by atoms with Gasteiger partial charge in [-0.1, -0.05) is 6.07 Å². The summed E-state index contributed by atoms with van der Waals surface area (Å²) < 4.78 is 0. The molecule has 0 aliphatic rings. The van der Waals surface area contributed by atoms with Crippen LogP contribution in [0.2, 0.25) is 0 Å². The smallest absolute Gasteiger partial charge is 0.289 e. The Morgan fingerprint density at radius 2 is 2.17 bits per heavy atom. The number of thiophene rings is 1. The second-order valence-electron chi connectivity index (χ2n) is 5.36. The minimum absolute atomic E-state index is 0.183. The van der Waals surface area contributed by atoms with E-state index >= 15 is 0 Å². The van der Waals surface area contributed by atoms with Crippen molar-refractivity contribution in [2.75, 3.05) is 19.0 Å². The van der Waals surface area contributed by atoms with Crippen LogP contribution in [0.25, 0.3) is 10.9 Å². The Morgan fingerprint density at radius 3 is 2.87 bits per heavy atom. The summed E-state index contributed by atoms with van der Waals surface area (Å²) in [5.41, 5.74) is 1.74. The lowest BCUT2D eigenvalue weighted by atomic mass is 10.2. The highest BCUT2D eigenvalue weighted by Gasteiger charge is 2.17. The standard InChI is InChI=1S/C16H17N5OS/c1-10-13-12(9-23-10)19-14(20-15(13)21(2)3)16(22)18-8-11-5-4-6-17-7-11/h4-7,9H,8H2,1-3H3,(H,18,22). The zero-order valence-corrected chi connectivity index (χ0v) is 14.0. The van der Waals surface area contributed by atoms with Crippen LogP contribution in [0, 0.1) is 6.92 Å². The molecule has 23 heavy (non-hydrogen) atoms. The van der Waals surface area contributed by atoms with Crippen molar-refractivity contribution in [3.63, 3.8) is 0 Å². The topological polar surface area (TPSA) is 71.0 Å². The Morgan fingerprint density at radius 1 is 1.35 bits per heavy atom. The molecule has 0 spiro atoms. The number of aryl methyl sites for hydroxylation is 1. The van der Waals surface area contributed by atoms with Crippen LogP contribution in [0.5, 0.6) is 0 Å². The predicted octanol–water partition coefficient (Wildman–Crippen LogP) is 2.39. The molecular formula is C16H17N5OS. The second-order valence-corrected chi connectivity index (χ2v) is 6.45. The van der Waals surface area contributed by atoms with Crippen molar-refractivity contribution in [3.8, 4) is 0 Å². The van der Waals surface area contributed by atoms with Gasteiger partial charge in [0.2, 0.25) is 5.82 Å². The maximum absolute atomic E-state index is 12.4. The van der Waals surface area contributed by atoms with Crippen LogP contribution in [0.4, 0.5) is 5.82 Å². The Balaban J connectivity index is 1.88. The summed E-state index contributed by atoms with van der Waals surface area (Å²) in [7, 11) is 3.83. The van der Waals surface area contributed by atoms with Crippen LogP contribution >= 0.6 is 11.3 Å². The van der Waals surface area contributed by atoms with Crippen LogP contribution in [0.3, 0.4) is 0 Å². The number of carbonyl (C=O) groups is 1. The van der Waals surface area contributed by atoms with Gasteiger partial charge in [-0.3, -0.25) is 9.78 Å². The van der Waals surface area contributed by atoms with Gasteiger partial charge in [-0.15, -0.1) is 11.3 Å². The summed E-state index contributed by atoms with van der Waals surface area (Å²) in [6, 6.07) is 3.74. The Bertz CT molecular complexity index is 844. The van der Waals surface area contributed by atoms with Crippen molar-refractivity contribution in [2.45, 2.75) is 13.5 Å². The highest BCUT2D eigenvalue weighted by Crippen LogP contribution is 2.30. The van der Waals surface area contributed by atoms with Crippen LogP contribution in [-0.2, 0) is 6.54 Å². The van der Waals surface area contributed by atoms with E-state index in [1.807, 2.05) is 43.4 Å². The molecule has 7 heteroatoms. The van der Waals surface area contributed by atoms with Gasteiger partial charge in [0.25, 0.3) is 5.91 Å². The minimum atomic E-state index is -0.289. The van der Waals surface area contributed by atoms with Gasteiger partial charge in [-0.25, -0.2) is 9.97 Å². The SMILES string of the molecule is Cc1scc2nc(C(=O)NCc3cccnc3)nc(N(C)C)c12. The summed E-state index contributed by atoms with van der Waals surface area (Å²) in [6.45, 7) is 2.43. The molecule has 3 rings (SSSR count). The van der Waals surface area contributed by atoms with E-state index < -0.39 is 0 Å². The largest absolute Gasteiger partial charge is 0.362 e. The van der Waals surface area contributed by atoms with Crippen molar-refractivity contribution in [1.82, 2.24) is 20.3 Å². The van der Waals surface area contributed by atoms with Gasteiger partial charge in [-0.2, -0.15) is 0 Å². The van der Waals surface area contributed by atoms with Gasteiger partial charge in [0.15, 0.2) is 0 Å². The monoisotopic (exact) mass is 327 g/mol. The maximum Gasteiger partial charge on any atom is 0.289 e. The average molecular weight is 327 g/mol. The summed E-state index contributed by atoms with van der Waals surface area (Å²) in [5, 5.41) is 5.79. The molecule has 0 radical (unpaired) electrons. The Kier molecular flexibility index (Phi) is 4.20. The number of amides is 1. The number of pyridine rings is 1. The summed E-state index contributed by atoms with van der Waals surface area (Å²) >= 11 is 1.61. The molecule has 3 heterocycles. The molecule has 0 unspecified atom stereocenters. The molecule has 0 saturated heterocycles. The third kappa shape index (κ3) is 3.14. The lowest BCUT2D eigenvalue weighted by molar-refractivity contribution is 0.0941. The molecule has 0 bridgehead atoms. The number of hydrogen-bond acceptors (Lipinski definition) is 6. The molecule has 0 saturated carbocycles. The zero-order valence-electron chi connectivity index (χ0n) is 13.2. The molecule has 1 amide bonds. The number of fused-ring (bicyclic) bond motifs is 1. The maximum atomic E-state index is 12.4. The number of nitrogens with zero attached hydrogens (tertiary/aromatic N) is 4. The van der Waals surface area contributed by atoms with E-state index in [0.29, 0.717) is 6.54 Å². The molecule has 3 aromatic rings. The van der Waals surface area contributed by atoms with E-state index in [-0.39, 0.29) is 11.7 Å². The molecule has 0 atom stereocenters. The first-order valence-corrected chi connectivity index (χ1v) is 8.04. The summed E-state index contributed by atoms with van der Waals surface area (Å²) in [4.78, 5) is 28.3. The van der Waals surface area contributed by atoms with E-state index in [2.05, 4.69) is 20.3 Å². The highest BCUT2D eigenvalue weighted by atomic mass is 32.1. The highest BCUT2D eigenvalue weighted by molar-refractivity contribution is 7.11. The summed E-state index contributed by atoms with van der Waals surface area (Å²) in [5.74, 6) is 0.658. The quantitative estimate of drug-likeness (QED) is 0.797. The Hall–Kier alpha value is -2.54. The van der Waals surface area contributed by atoms with E-state index in [1.54, 1.807) is 23.7 Å². The fourth-order valence-corrected chi connectivity index (χ4v) is 3.05. The molecule has 1 N–H and O–H groups in total. The van der Waals surface area contributed by atoms with Gasteiger partial charge in [-0.05, 0) is 18.6 Å². The van der Waals surface area contributed by atoms with Crippen molar-refractivity contribution < 1.29 is 4.79 Å². The first-order chi connectivity index (χ1) is 11.1. The summed E-state index contributed by atoms with van der Waals surface area (Å²) in [6.07, 6.45) is 3.42. The van der Waals surface area contributed by atoms with Gasteiger partial charge in [0.1, 0.15) is 5.82 Å². The van der Waals surface area contributed by atoms with Crippen molar-refractivity contribution in [3.05, 3.63) is 46.2 Å². The van der Waals surface area contributed by atoms with Crippen LogP contribution in [0.1, 0.15) is 21.1 Å². The lowest BCUT2D eigenvalue weighted by Gasteiger charge is -2.14.